The minimum absolute atomic E-state index is 0.109. The SMILES string of the molecule is COc1cccc(C(=O)N2CCCCC2CBr)c1. The first-order chi connectivity index (χ1) is 8.76. The van der Waals surface area contributed by atoms with E-state index in [-0.39, 0.29) is 5.91 Å². The van der Waals surface area contributed by atoms with Crippen molar-refractivity contribution in [2.24, 2.45) is 0 Å². The fourth-order valence-electron chi connectivity index (χ4n) is 2.35. The number of nitrogens with zero attached hydrogens (tertiary/aromatic N) is 1. The predicted octanol–water partition coefficient (Wildman–Crippen LogP) is 3.08. The number of hydrogen-bond acceptors (Lipinski definition) is 2. The number of methoxy groups -OCH3 is 1. The van der Waals surface area contributed by atoms with Crippen molar-refractivity contribution in [3.05, 3.63) is 29.8 Å². The molecule has 0 aromatic heterocycles. The fraction of sp³-hybridized carbons (Fsp3) is 0.500. The summed E-state index contributed by atoms with van der Waals surface area (Å²) in [7, 11) is 1.62. The maximum Gasteiger partial charge on any atom is 0.254 e. The highest BCUT2D eigenvalue weighted by atomic mass is 79.9. The van der Waals surface area contributed by atoms with Crippen LogP contribution in [0.5, 0.6) is 5.75 Å². The van der Waals surface area contributed by atoms with Crippen LogP contribution in [-0.4, -0.2) is 35.8 Å². The Kier molecular flexibility index (Phi) is 4.64. The van der Waals surface area contributed by atoms with Crippen molar-refractivity contribution in [1.29, 1.82) is 0 Å². The Morgan fingerprint density at radius 3 is 3.06 bits per heavy atom. The third-order valence-electron chi connectivity index (χ3n) is 3.38. The molecule has 1 fully saturated rings. The number of likely N-dealkylation sites (tertiary alicyclic amines) is 1. The number of hydrogen-bond donors (Lipinski definition) is 0. The molecule has 4 heteroatoms. The maximum absolute atomic E-state index is 12.5. The van der Waals surface area contributed by atoms with Crippen LogP contribution >= 0.6 is 15.9 Å². The summed E-state index contributed by atoms with van der Waals surface area (Å²) < 4.78 is 5.17. The van der Waals surface area contributed by atoms with Crippen LogP contribution in [0.2, 0.25) is 0 Å². The summed E-state index contributed by atoms with van der Waals surface area (Å²) in [6.07, 6.45) is 3.39. The fourth-order valence-corrected chi connectivity index (χ4v) is 3.02. The minimum Gasteiger partial charge on any atom is -0.497 e. The number of benzene rings is 1. The lowest BCUT2D eigenvalue weighted by molar-refractivity contribution is 0.0641. The van der Waals surface area contributed by atoms with Gasteiger partial charge in [-0.05, 0) is 37.5 Å². The standard InChI is InChI=1S/C14H18BrNO2/c1-18-13-7-4-5-11(9-13)14(17)16-8-3-2-6-12(16)10-15/h4-5,7,9,12H,2-3,6,8,10H2,1H3. The number of ether oxygens (including phenoxy) is 1. The van der Waals surface area contributed by atoms with Gasteiger partial charge in [-0.25, -0.2) is 0 Å². The molecule has 0 bridgehead atoms. The molecular weight excluding hydrogens is 294 g/mol. The molecule has 1 saturated heterocycles. The summed E-state index contributed by atoms with van der Waals surface area (Å²) in [4.78, 5) is 14.5. The first-order valence-electron chi connectivity index (χ1n) is 6.27. The van der Waals surface area contributed by atoms with Gasteiger partial charge in [-0.15, -0.1) is 0 Å². The summed E-state index contributed by atoms with van der Waals surface area (Å²) in [5.74, 6) is 0.839. The molecule has 1 aromatic carbocycles. The average molecular weight is 312 g/mol. The quantitative estimate of drug-likeness (QED) is 0.803. The molecule has 0 spiro atoms. The Labute approximate surface area is 116 Å². The van der Waals surface area contributed by atoms with Crippen LogP contribution in [-0.2, 0) is 0 Å². The van der Waals surface area contributed by atoms with Crippen LogP contribution in [0.25, 0.3) is 0 Å². The van der Waals surface area contributed by atoms with E-state index in [9.17, 15) is 4.79 Å². The largest absolute Gasteiger partial charge is 0.497 e. The molecule has 1 heterocycles. The maximum atomic E-state index is 12.5. The highest BCUT2D eigenvalue weighted by Gasteiger charge is 2.26. The van der Waals surface area contributed by atoms with Crippen molar-refractivity contribution < 1.29 is 9.53 Å². The molecule has 1 aliphatic rings. The lowest BCUT2D eigenvalue weighted by Gasteiger charge is -2.34. The normalized spacial score (nSPS) is 19.7. The Morgan fingerprint density at radius 1 is 1.50 bits per heavy atom. The van der Waals surface area contributed by atoms with Gasteiger partial charge >= 0.3 is 0 Å². The van der Waals surface area contributed by atoms with E-state index >= 15 is 0 Å². The van der Waals surface area contributed by atoms with Gasteiger partial charge < -0.3 is 9.64 Å². The minimum atomic E-state index is 0.109. The monoisotopic (exact) mass is 311 g/mol. The topological polar surface area (TPSA) is 29.5 Å². The molecule has 0 radical (unpaired) electrons. The molecule has 0 saturated carbocycles. The van der Waals surface area contributed by atoms with Gasteiger partial charge in [0, 0.05) is 23.5 Å². The molecule has 3 nitrogen and oxygen atoms in total. The summed E-state index contributed by atoms with van der Waals surface area (Å²) in [5, 5.41) is 0.850. The molecule has 1 amide bonds. The zero-order valence-electron chi connectivity index (χ0n) is 10.6. The van der Waals surface area contributed by atoms with Crippen molar-refractivity contribution in [3.8, 4) is 5.75 Å². The van der Waals surface area contributed by atoms with E-state index in [1.807, 2.05) is 29.2 Å². The third kappa shape index (κ3) is 2.86. The van der Waals surface area contributed by atoms with Gasteiger partial charge in [0.25, 0.3) is 5.91 Å². The zero-order valence-corrected chi connectivity index (χ0v) is 12.1. The van der Waals surface area contributed by atoms with Crippen LogP contribution in [0.15, 0.2) is 24.3 Å². The van der Waals surface area contributed by atoms with Crippen molar-refractivity contribution in [2.75, 3.05) is 19.0 Å². The van der Waals surface area contributed by atoms with Crippen molar-refractivity contribution >= 4 is 21.8 Å². The summed E-state index contributed by atoms with van der Waals surface area (Å²) in [5.41, 5.74) is 0.710. The molecule has 1 atom stereocenters. The third-order valence-corrected chi connectivity index (χ3v) is 4.13. The molecule has 18 heavy (non-hydrogen) atoms. The Balaban J connectivity index is 2.18. The highest BCUT2D eigenvalue weighted by Crippen LogP contribution is 2.22. The molecule has 0 N–H and O–H groups in total. The van der Waals surface area contributed by atoms with E-state index in [1.54, 1.807) is 7.11 Å². The van der Waals surface area contributed by atoms with Gasteiger partial charge in [-0.3, -0.25) is 4.79 Å². The van der Waals surface area contributed by atoms with E-state index in [0.29, 0.717) is 11.6 Å². The van der Waals surface area contributed by atoms with E-state index in [1.165, 1.54) is 6.42 Å². The molecule has 1 unspecified atom stereocenters. The number of halogens is 1. The van der Waals surface area contributed by atoms with Gasteiger partial charge in [0.2, 0.25) is 0 Å². The van der Waals surface area contributed by atoms with E-state index in [2.05, 4.69) is 15.9 Å². The first kappa shape index (κ1) is 13.4. The summed E-state index contributed by atoms with van der Waals surface area (Å²) in [6.45, 7) is 0.853. The first-order valence-corrected chi connectivity index (χ1v) is 7.39. The molecule has 0 aliphatic carbocycles. The number of alkyl halides is 1. The highest BCUT2D eigenvalue weighted by molar-refractivity contribution is 9.09. The summed E-state index contributed by atoms with van der Waals surface area (Å²) in [6, 6.07) is 7.69. The van der Waals surface area contributed by atoms with Gasteiger partial charge in [-0.1, -0.05) is 22.0 Å². The Morgan fingerprint density at radius 2 is 2.33 bits per heavy atom. The molecule has 98 valence electrons. The Hall–Kier alpha value is -1.03. The van der Waals surface area contributed by atoms with Crippen LogP contribution in [0.1, 0.15) is 29.6 Å². The predicted molar refractivity (Wildman–Crippen MR) is 75.5 cm³/mol. The van der Waals surface area contributed by atoms with Gasteiger partial charge in [0.05, 0.1) is 7.11 Å². The number of piperidine rings is 1. The van der Waals surface area contributed by atoms with Gasteiger partial charge in [-0.2, -0.15) is 0 Å². The van der Waals surface area contributed by atoms with Crippen LogP contribution in [0.4, 0.5) is 0 Å². The van der Waals surface area contributed by atoms with Crippen LogP contribution in [0, 0.1) is 0 Å². The van der Waals surface area contributed by atoms with Crippen molar-refractivity contribution in [1.82, 2.24) is 4.90 Å². The van der Waals surface area contributed by atoms with E-state index in [0.717, 1.165) is 30.5 Å². The lowest BCUT2D eigenvalue weighted by atomic mass is 10.0. The number of carbonyl (C=O) groups excluding carboxylic acids is 1. The second kappa shape index (κ2) is 6.23. The zero-order chi connectivity index (χ0) is 13.0. The second-order valence-electron chi connectivity index (χ2n) is 4.53. The van der Waals surface area contributed by atoms with Crippen LogP contribution in [0.3, 0.4) is 0 Å². The lowest BCUT2D eigenvalue weighted by Crippen LogP contribution is -2.44. The number of amides is 1. The molecular formula is C14H18BrNO2. The number of rotatable bonds is 3. The average Bonchev–Trinajstić information content (AvgIpc) is 2.46. The summed E-state index contributed by atoms with van der Waals surface area (Å²) >= 11 is 3.50. The van der Waals surface area contributed by atoms with Crippen molar-refractivity contribution in [3.63, 3.8) is 0 Å². The molecule has 1 aliphatic heterocycles. The Bertz CT molecular complexity index is 422. The van der Waals surface area contributed by atoms with Crippen molar-refractivity contribution in [2.45, 2.75) is 25.3 Å². The smallest absolute Gasteiger partial charge is 0.254 e. The molecule has 2 rings (SSSR count). The second-order valence-corrected chi connectivity index (χ2v) is 5.18. The van der Waals surface area contributed by atoms with E-state index < -0.39 is 0 Å². The van der Waals surface area contributed by atoms with Gasteiger partial charge in [0.1, 0.15) is 5.75 Å². The number of carbonyl (C=O) groups is 1. The molecule has 1 aromatic rings. The van der Waals surface area contributed by atoms with Gasteiger partial charge in [0.15, 0.2) is 0 Å². The van der Waals surface area contributed by atoms with E-state index in [4.69, 9.17) is 4.74 Å². The van der Waals surface area contributed by atoms with Crippen LogP contribution < -0.4 is 4.74 Å².